The summed E-state index contributed by atoms with van der Waals surface area (Å²) in [5, 5.41) is 25.8. The van der Waals surface area contributed by atoms with Crippen LogP contribution in [0, 0.1) is 6.92 Å². The van der Waals surface area contributed by atoms with Crippen LogP contribution in [0.5, 0.6) is 11.5 Å². The lowest BCUT2D eigenvalue weighted by Gasteiger charge is -2.17. The van der Waals surface area contributed by atoms with Gasteiger partial charge in [0.25, 0.3) is 5.91 Å². The lowest BCUT2D eigenvalue weighted by molar-refractivity contribution is -0.126. The second kappa shape index (κ2) is 10.1. The normalized spacial score (nSPS) is 10.9. The van der Waals surface area contributed by atoms with Crippen molar-refractivity contribution in [1.82, 2.24) is 10.7 Å². The molecule has 31 heavy (non-hydrogen) atoms. The number of nitrogens with one attached hydrogen (secondary N) is 2. The Labute approximate surface area is 180 Å². The van der Waals surface area contributed by atoms with Crippen molar-refractivity contribution in [1.29, 1.82) is 0 Å². The Bertz CT molecular complexity index is 1020. The highest BCUT2D eigenvalue weighted by molar-refractivity contribution is 5.91. The van der Waals surface area contributed by atoms with Crippen molar-refractivity contribution in [3.05, 3.63) is 95.1 Å². The predicted molar refractivity (Wildman–Crippen MR) is 118 cm³/mol. The zero-order chi connectivity index (χ0) is 22.2. The Morgan fingerprint density at radius 3 is 2.10 bits per heavy atom. The summed E-state index contributed by atoms with van der Waals surface area (Å²) in [6, 6.07) is 21.3. The fourth-order valence-corrected chi connectivity index (χ4v) is 3.19. The second-order valence-electron chi connectivity index (χ2n) is 6.96. The third kappa shape index (κ3) is 5.70. The molecule has 0 aromatic heterocycles. The van der Waals surface area contributed by atoms with Gasteiger partial charge in [0.15, 0.2) is 0 Å². The highest BCUT2D eigenvalue weighted by Gasteiger charge is 2.22. The maximum Gasteiger partial charge on any atom is 0.259 e. The Morgan fingerprint density at radius 2 is 1.55 bits per heavy atom. The van der Waals surface area contributed by atoms with Crippen LogP contribution in [-0.4, -0.2) is 34.8 Å². The van der Waals surface area contributed by atoms with Crippen LogP contribution in [-0.2, 0) is 9.59 Å². The Hall–Kier alpha value is -4.13. The van der Waals surface area contributed by atoms with Gasteiger partial charge in [0.2, 0.25) is 5.91 Å². The van der Waals surface area contributed by atoms with E-state index in [0.717, 1.165) is 11.1 Å². The summed E-state index contributed by atoms with van der Waals surface area (Å²) in [7, 11) is 0. The zero-order valence-electron chi connectivity index (χ0n) is 16.9. The van der Waals surface area contributed by atoms with E-state index in [1.54, 1.807) is 6.92 Å². The lowest BCUT2D eigenvalue weighted by Crippen LogP contribution is -2.37. The van der Waals surface area contributed by atoms with E-state index in [4.69, 9.17) is 0 Å². The molecule has 7 nitrogen and oxygen atoms in total. The molecule has 3 rings (SSSR count). The van der Waals surface area contributed by atoms with Gasteiger partial charge in [-0.15, -0.1) is 0 Å². The molecule has 4 N–H and O–H groups in total. The summed E-state index contributed by atoms with van der Waals surface area (Å²) in [5.41, 5.74) is 4.93. The molecule has 0 atom stereocenters. The first-order valence-electron chi connectivity index (χ1n) is 9.68. The SMILES string of the molecule is Cc1cc(O)cc(O)c1/C=N/NC(=O)CNC(=O)C(c1ccccc1)c1ccccc1. The van der Waals surface area contributed by atoms with Crippen LogP contribution in [0.1, 0.15) is 28.2 Å². The summed E-state index contributed by atoms with van der Waals surface area (Å²) in [6.45, 7) is 1.43. The quantitative estimate of drug-likeness (QED) is 0.350. The van der Waals surface area contributed by atoms with E-state index in [0.29, 0.717) is 11.1 Å². The van der Waals surface area contributed by atoms with Gasteiger partial charge >= 0.3 is 0 Å². The van der Waals surface area contributed by atoms with Gasteiger partial charge in [0, 0.05) is 11.6 Å². The van der Waals surface area contributed by atoms with E-state index in [1.165, 1.54) is 18.3 Å². The molecule has 3 aromatic rings. The highest BCUT2D eigenvalue weighted by Crippen LogP contribution is 2.25. The van der Waals surface area contributed by atoms with Crippen LogP contribution in [0.3, 0.4) is 0 Å². The molecule has 0 saturated carbocycles. The topological polar surface area (TPSA) is 111 Å². The lowest BCUT2D eigenvalue weighted by atomic mass is 9.90. The fraction of sp³-hybridized carbons (Fsp3) is 0.125. The number of phenolic OH excluding ortho intramolecular Hbond substituents is 2. The Morgan fingerprint density at radius 1 is 0.968 bits per heavy atom. The molecule has 2 amide bonds. The number of phenols is 2. The van der Waals surface area contributed by atoms with Crippen molar-refractivity contribution >= 4 is 18.0 Å². The van der Waals surface area contributed by atoms with Gasteiger partial charge in [-0.05, 0) is 29.7 Å². The van der Waals surface area contributed by atoms with E-state index >= 15 is 0 Å². The second-order valence-corrected chi connectivity index (χ2v) is 6.96. The molecule has 0 aliphatic carbocycles. The minimum Gasteiger partial charge on any atom is -0.508 e. The Kier molecular flexibility index (Phi) is 7.01. The van der Waals surface area contributed by atoms with Crippen LogP contribution < -0.4 is 10.7 Å². The van der Waals surface area contributed by atoms with Crippen molar-refractivity contribution < 1.29 is 19.8 Å². The van der Waals surface area contributed by atoms with Crippen LogP contribution >= 0.6 is 0 Å². The summed E-state index contributed by atoms with van der Waals surface area (Å²) in [4.78, 5) is 25.0. The number of aryl methyl sites for hydroxylation is 1. The van der Waals surface area contributed by atoms with Crippen molar-refractivity contribution in [2.24, 2.45) is 5.10 Å². The van der Waals surface area contributed by atoms with Gasteiger partial charge in [-0.2, -0.15) is 5.10 Å². The number of nitrogens with zero attached hydrogens (tertiary/aromatic N) is 1. The molecule has 3 aromatic carbocycles. The number of hydrogen-bond donors (Lipinski definition) is 4. The molecule has 0 aliphatic rings. The van der Waals surface area contributed by atoms with E-state index in [-0.39, 0.29) is 24.0 Å². The molecule has 0 radical (unpaired) electrons. The van der Waals surface area contributed by atoms with Crippen molar-refractivity contribution in [3.63, 3.8) is 0 Å². The Balaban J connectivity index is 1.63. The zero-order valence-corrected chi connectivity index (χ0v) is 16.9. The molecule has 0 heterocycles. The van der Waals surface area contributed by atoms with Gasteiger partial charge in [-0.3, -0.25) is 9.59 Å². The van der Waals surface area contributed by atoms with Crippen LogP contribution in [0.4, 0.5) is 0 Å². The molecule has 7 heteroatoms. The van der Waals surface area contributed by atoms with Crippen LogP contribution in [0.15, 0.2) is 77.9 Å². The van der Waals surface area contributed by atoms with E-state index in [9.17, 15) is 19.8 Å². The van der Waals surface area contributed by atoms with Crippen molar-refractivity contribution in [2.45, 2.75) is 12.8 Å². The maximum atomic E-state index is 12.9. The molecule has 0 bridgehead atoms. The predicted octanol–water partition coefficient (Wildman–Crippen LogP) is 2.80. The van der Waals surface area contributed by atoms with Crippen LogP contribution in [0.2, 0.25) is 0 Å². The first-order valence-corrected chi connectivity index (χ1v) is 9.68. The monoisotopic (exact) mass is 417 g/mol. The smallest absolute Gasteiger partial charge is 0.259 e. The number of carbonyl (C=O) groups excluding carboxylic acids is 2. The summed E-state index contributed by atoms with van der Waals surface area (Å²) >= 11 is 0. The molecule has 0 unspecified atom stereocenters. The average Bonchev–Trinajstić information content (AvgIpc) is 2.76. The molecular formula is C24H23N3O4. The largest absolute Gasteiger partial charge is 0.508 e. The minimum atomic E-state index is -0.546. The number of aromatic hydroxyl groups is 2. The number of amides is 2. The van der Waals surface area contributed by atoms with Crippen molar-refractivity contribution in [3.8, 4) is 11.5 Å². The summed E-state index contributed by atoms with van der Waals surface area (Å²) in [5.74, 6) is -1.58. The van der Waals surface area contributed by atoms with Gasteiger partial charge < -0.3 is 15.5 Å². The average molecular weight is 417 g/mol. The molecular weight excluding hydrogens is 394 g/mol. The first kappa shape index (κ1) is 21.6. The fourth-order valence-electron chi connectivity index (χ4n) is 3.19. The third-order valence-electron chi connectivity index (χ3n) is 4.68. The number of carbonyl (C=O) groups is 2. The minimum absolute atomic E-state index is 0.0646. The third-order valence-corrected chi connectivity index (χ3v) is 4.68. The first-order chi connectivity index (χ1) is 15.0. The van der Waals surface area contributed by atoms with Gasteiger partial charge in [0.1, 0.15) is 11.5 Å². The molecule has 0 saturated heterocycles. The summed E-state index contributed by atoms with van der Waals surface area (Å²) in [6.07, 6.45) is 1.28. The summed E-state index contributed by atoms with van der Waals surface area (Å²) < 4.78 is 0. The number of hydrazone groups is 1. The van der Waals surface area contributed by atoms with Crippen LogP contribution in [0.25, 0.3) is 0 Å². The van der Waals surface area contributed by atoms with E-state index in [2.05, 4.69) is 15.8 Å². The van der Waals surface area contributed by atoms with Gasteiger partial charge in [-0.1, -0.05) is 60.7 Å². The molecule has 158 valence electrons. The highest BCUT2D eigenvalue weighted by atomic mass is 16.3. The maximum absolute atomic E-state index is 12.9. The standard InChI is InChI=1S/C24H23N3O4/c1-16-12-19(28)13-21(29)20(16)14-26-27-22(30)15-25-24(31)23(17-8-4-2-5-9-17)18-10-6-3-7-11-18/h2-14,23,28-29H,15H2,1H3,(H,25,31)(H,27,30)/b26-14+. The van der Waals surface area contributed by atoms with Crippen molar-refractivity contribution in [2.75, 3.05) is 6.54 Å². The molecule has 0 spiro atoms. The van der Waals surface area contributed by atoms with E-state index in [1.807, 2.05) is 60.7 Å². The number of hydrogen-bond acceptors (Lipinski definition) is 5. The number of rotatable bonds is 7. The van der Waals surface area contributed by atoms with Gasteiger partial charge in [-0.25, -0.2) is 5.43 Å². The molecule has 0 fully saturated rings. The molecule has 0 aliphatic heterocycles. The number of benzene rings is 3. The van der Waals surface area contributed by atoms with Gasteiger partial charge in [0.05, 0.1) is 18.7 Å². The van der Waals surface area contributed by atoms with E-state index < -0.39 is 11.8 Å².